The Kier molecular flexibility index (Phi) is 5.19. The molecule has 1 aromatic rings. The fraction of sp³-hybridized carbons (Fsp3) is 0.600. The number of likely N-dealkylation sites (N-methyl/N-ethyl adjacent to an activating group) is 1. The van der Waals surface area contributed by atoms with E-state index in [-0.39, 0.29) is 10.7 Å². The summed E-state index contributed by atoms with van der Waals surface area (Å²) in [5.74, 6) is 0. The number of aromatic nitrogens is 2. The topological polar surface area (TPSA) is 50.2 Å². The van der Waals surface area contributed by atoms with Crippen molar-refractivity contribution in [2.24, 2.45) is 0 Å². The number of hydrogen-bond acceptors (Lipinski definition) is 4. The third-order valence-corrected chi connectivity index (χ3v) is 2.59. The maximum Gasteiger partial charge on any atom is 0.405 e. The third-order valence-electron chi connectivity index (χ3n) is 2.22. The molecule has 0 saturated carbocycles. The van der Waals surface area contributed by atoms with Gasteiger partial charge in [-0.25, -0.2) is 4.68 Å². The van der Waals surface area contributed by atoms with Crippen LogP contribution in [0.5, 0.6) is 0 Å². The molecule has 9 heteroatoms. The van der Waals surface area contributed by atoms with Gasteiger partial charge in [-0.3, -0.25) is 4.79 Å². The molecule has 0 atom stereocenters. The van der Waals surface area contributed by atoms with Crippen molar-refractivity contribution in [2.45, 2.75) is 12.7 Å². The minimum absolute atomic E-state index is 0.120. The number of anilines is 1. The third kappa shape index (κ3) is 5.07. The molecule has 0 aromatic carbocycles. The molecular formula is C10H14ClF3N4O. The smallest absolute Gasteiger partial charge is 0.374 e. The number of alkyl halides is 3. The summed E-state index contributed by atoms with van der Waals surface area (Å²) in [6.07, 6.45) is -3.27. The fourth-order valence-electron chi connectivity index (χ4n) is 1.24. The van der Waals surface area contributed by atoms with Gasteiger partial charge in [0.15, 0.2) is 0 Å². The molecule has 0 saturated heterocycles. The molecule has 0 fully saturated rings. The van der Waals surface area contributed by atoms with Crippen LogP contribution in [0.15, 0.2) is 11.0 Å². The number of nitrogens with one attached hydrogen (secondary N) is 1. The number of hydrogen-bond donors (Lipinski definition) is 1. The lowest BCUT2D eigenvalue weighted by molar-refractivity contribution is -0.115. The van der Waals surface area contributed by atoms with Crippen LogP contribution in [0.4, 0.5) is 18.9 Å². The minimum atomic E-state index is -4.39. The van der Waals surface area contributed by atoms with E-state index >= 15 is 0 Å². The molecule has 1 aromatic heterocycles. The van der Waals surface area contributed by atoms with E-state index < -0.39 is 18.3 Å². The molecule has 1 rings (SSSR count). The van der Waals surface area contributed by atoms with Crippen LogP contribution in [0.2, 0.25) is 5.02 Å². The van der Waals surface area contributed by atoms with Gasteiger partial charge in [0, 0.05) is 6.54 Å². The van der Waals surface area contributed by atoms with Crippen LogP contribution in [0, 0.1) is 0 Å². The van der Waals surface area contributed by atoms with Gasteiger partial charge in [-0.05, 0) is 14.1 Å². The summed E-state index contributed by atoms with van der Waals surface area (Å²) < 4.78 is 37.3. The van der Waals surface area contributed by atoms with Gasteiger partial charge in [-0.15, -0.1) is 0 Å². The normalized spacial score (nSPS) is 11.9. The Balaban J connectivity index is 2.83. The van der Waals surface area contributed by atoms with Crippen LogP contribution in [-0.4, -0.2) is 48.0 Å². The predicted molar refractivity (Wildman–Crippen MR) is 66.6 cm³/mol. The van der Waals surface area contributed by atoms with Gasteiger partial charge in [-0.1, -0.05) is 11.6 Å². The van der Waals surface area contributed by atoms with Gasteiger partial charge in [0.05, 0.1) is 18.4 Å². The van der Waals surface area contributed by atoms with Gasteiger partial charge in [-0.2, -0.15) is 18.3 Å². The zero-order valence-electron chi connectivity index (χ0n) is 10.5. The van der Waals surface area contributed by atoms with E-state index in [2.05, 4.69) is 5.10 Å². The first-order valence-electron chi connectivity index (χ1n) is 5.41. The standard InChI is InChI=1S/C10H14ClF3N4O/c1-17(2)3-4-18-9(19)8(11)7(5-16-18)15-6-10(12,13)14/h5,15H,3-4,6H2,1-2H3. The monoisotopic (exact) mass is 298 g/mol. The summed E-state index contributed by atoms with van der Waals surface area (Å²) in [6.45, 7) is -0.390. The maximum absolute atomic E-state index is 12.0. The predicted octanol–water partition coefficient (Wildman–Crippen LogP) is 1.43. The van der Waals surface area contributed by atoms with E-state index in [4.69, 9.17) is 11.6 Å². The fourth-order valence-corrected chi connectivity index (χ4v) is 1.45. The highest BCUT2D eigenvalue weighted by Crippen LogP contribution is 2.19. The van der Waals surface area contributed by atoms with E-state index in [1.54, 1.807) is 0 Å². The van der Waals surface area contributed by atoms with Gasteiger partial charge in [0.1, 0.15) is 11.6 Å². The SMILES string of the molecule is CN(C)CCn1ncc(NCC(F)(F)F)c(Cl)c1=O. The summed E-state index contributed by atoms with van der Waals surface area (Å²) in [6, 6.07) is 0. The summed E-state index contributed by atoms with van der Waals surface area (Å²) in [5.41, 5.74) is -0.735. The molecule has 0 unspecified atom stereocenters. The van der Waals surface area contributed by atoms with Crippen molar-refractivity contribution in [3.8, 4) is 0 Å². The van der Waals surface area contributed by atoms with Crippen molar-refractivity contribution in [1.82, 2.24) is 14.7 Å². The molecule has 108 valence electrons. The second-order valence-corrected chi connectivity index (χ2v) is 4.55. The van der Waals surface area contributed by atoms with Gasteiger partial charge < -0.3 is 10.2 Å². The lowest BCUT2D eigenvalue weighted by atomic mass is 10.4. The zero-order chi connectivity index (χ0) is 14.6. The van der Waals surface area contributed by atoms with Crippen LogP contribution in [0.3, 0.4) is 0 Å². The van der Waals surface area contributed by atoms with Crippen molar-refractivity contribution >= 4 is 17.3 Å². The molecule has 19 heavy (non-hydrogen) atoms. The summed E-state index contributed by atoms with van der Waals surface area (Å²) in [7, 11) is 3.65. The number of halogens is 4. The van der Waals surface area contributed by atoms with Crippen LogP contribution < -0.4 is 10.9 Å². The first-order chi connectivity index (χ1) is 8.70. The van der Waals surface area contributed by atoms with E-state index in [0.29, 0.717) is 13.1 Å². The number of rotatable bonds is 5. The molecule has 0 spiro atoms. The Labute approximate surface area is 113 Å². The first-order valence-corrected chi connectivity index (χ1v) is 5.79. The largest absolute Gasteiger partial charge is 0.405 e. The quantitative estimate of drug-likeness (QED) is 0.893. The molecule has 0 amide bonds. The number of nitrogens with zero attached hydrogens (tertiary/aromatic N) is 3. The Morgan fingerprint density at radius 2 is 2.11 bits per heavy atom. The molecule has 1 heterocycles. The lowest BCUT2D eigenvalue weighted by Gasteiger charge is -2.13. The Morgan fingerprint density at radius 3 is 2.63 bits per heavy atom. The second-order valence-electron chi connectivity index (χ2n) is 4.17. The van der Waals surface area contributed by atoms with Crippen molar-refractivity contribution < 1.29 is 13.2 Å². The van der Waals surface area contributed by atoms with Crippen molar-refractivity contribution in [3.05, 3.63) is 21.6 Å². The molecule has 0 bridgehead atoms. The highest BCUT2D eigenvalue weighted by atomic mass is 35.5. The molecular weight excluding hydrogens is 285 g/mol. The maximum atomic E-state index is 12.0. The van der Waals surface area contributed by atoms with Crippen LogP contribution in [0.25, 0.3) is 0 Å². The van der Waals surface area contributed by atoms with Gasteiger partial charge >= 0.3 is 6.18 Å². The molecule has 1 N–H and O–H groups in total. The summed E-state index contributed by atoms with van der Waals surface area (Å²) in [5, 5.41) is 5.52. The van der Waals surface area contributed by atoms with Crippen LogP contribution in [-0.2, 0) is 6.54 Å². The highest BCUT2D eigenvalue weighted by molar-refractivity contribution is 6.32. The van der Waals surface area contributed by atoms with E-state index in [0.717, 1.165) is 10.9 Å². The molecule has 0 radical (unpaired) electrons. The first kappa shape index (κ1) is 15.8. The average Bonchev–Trinajstić information content (AvgIpc) is 2.28. The lowest BCUT2D eigenvalue weighted by Crippen LogP contribution is -2.30. The summed E-state index contributed by atoms with van der Waals surface area (Å²) in [4.78, 5) is 13.6. The van der Waals surface area contributed by atoms with Crippen LogP contribution in [0.1, 0.15) is 0 Å². The molecule has 5 nitrogen and oxygen atoms in total. The van der Waals surface area contributed by atoms with Gasteiger partial charge in [0.2, 0.25) is 0 Å². The van der Waals surface area contributed by atoms with Crippen LogP contribution >= 0.6 is 11.6 Å². The van der Waals surface area contributed by atoms with Gasteiger partial charge in [0.25, 0.3) is 5.56 Å². The summed E-state index contributed by atoms with van der Waals surface area (Å²) >= 11 is 5.73. The van der Waals surface area contributed by atoms with E-state index in [1.165, 1.54) is 0 Å². The van der Waals surface area contributed by atoms with Crippen molar-refractivity contribution in [2.75, 3.05) is 32.5 Å². The van der Waals surface area contributed by atoms with Crippen molar-refractivity contribution in [3.63, 3.8) is 0 Å². The Hall–Kier alpha value is -1.28. The molecule has 0 aliphatic rings. The van der Waals surface area contributed by atoms with E-state index in [1.807, 2.05) is 24.3 Å². The van der Waals surface area contributed by atoms with Crippen molar-refractivity contribution in [1.29, 1.82) is 0 Å². The minimum Gasteiger partial charge on any atom is -0.374 e. The van der Waals surface area contributed by atoms with E-state index in [9.17, 15) is 18.0 Å². The highest BCUT2D eigenvalue weighted by Gasteiger charge is 2.27. The Bertz CT molecular complexity index is 487. The second kappa shape index (κ2) is 6.25. The molecule has 0 aliphatic carbocycles. The Morgan fingerprint density at radius 1 is 1.47 bits per heavy atom. The average molecular weight is 299 g/mol. The molecule has 0 aliphatic heterocycles. The zero-order valence-corrected chi connectivity index (χ0v) is 11.2.